The van der Waals surface area contributed by atoms with Gasteiger partial charge in [-0.2, -0.15) is 0 Å². The number of carbonyl (C=O) groups excluding carboxylic acids is 2. The molecule has 0 bridgehead atoms. The van der Waals surface area contributed by atoms with Crippen molar-refractivity contribution in [3.63, 3.8) is 0 Å². The summed E-state index contributed by atoms with van der Waals surface area (Å²) in [5.74, 6) is -2.11. The molecule has 0 spiro atoms. The molecule has 2 N–H and O–H groups in total. The summed E-state index contributed by atoms with van der Waals surface area (Å²) in [5.41, 5.74) is 0.643. The van der Waals surface area contributed by atoms with E-state index >= 15 is 0 Å². The van der Waals surface area contributed by atoms with Crippen molar-refractivity contribution in [2.24, 2.45) is 11.8 Å². The molecule has 1 saturated carbocycles. The van der Waals surface area contributed by atoms with Crippen molar-refractivity contribution in [2.75, 3.05) is 11.4 Å². The summed E-state index contributed by atoms with van der Waals surface area (Å²) in [7, 11) is 0. The van der Waals surface area contributed by atoms with Crippen molar-refractivity contribution in [1.82, 2.24) is 5.32 Å². The summed E-state index contributed by atoms with van der Waals surface area (Å²) in [4.78, 5) is 37.9. The third-order valence-electron chi connectivity index (χ3n) is 5.13. The SMILES string of the molecule is O=C(O)C1CCCC(C(=O)NC2CCN(c3ccc(Cl)c(Cl)c3)C2=O)C1. The summed E-state index contributed by atoms with van der Waals surface area (Å²) >= 11 is 11.9. The van der Waals surface area contributed by atoms with Gasteiger partial charge in [0.15, 0.2) is 0 Å². The van der Waals surface area contributed by atoms with E-state index in [1.807, 2.05) is 0 Å². The molecular formula is C18H20Cl2N2O4. The van der Waals surface area contributed by atoms with Gasteiger partial charge >= 0.3 is 5.97 Å². The van der Waals surface area contributed by atoms with Crippen LogP contribution >= 0.6 is 23.2 Å². The van der Waals surface area contributed by atoms with E-state index in [-0.39, 0.29) is 17.7 Å². The van der Waals surface area contributed by atoms with Gasteiger partial charge in [-0.3, -0.25) is 14.4 Å². The number of nitrogens with one attached hydrogen (secondary N) is 1. The standard InChI is InChI=1S/C18H20Cl2N2O4/c19-13-5-4-12(9-14(13)20)22-7-6-15(17(22)24)21-16(23)10-2-1-3-11(8-10)18(25)26/h4-5,9-11,15H,1-3,6-8H2,(H,21,23)(H,25,26). The number of aliphatic carboxylic acids is 1. The first-order valence-electron chi connectivity index (χ1n) is 8.66. The highest BCUT2D eigenvalue weighted by Gasteiger charge is 2.37. The third-order valence-corrected chi connectivity index (χ3v) is 5.87. The Labute approximate surface area is 161 Å². The minimum Gasteiger partial charge on any atom is -0.481 e. The summed E-state index contributed by atoms with van der Waals surface area (Å²) in [6, 6.07) is 4.38. The molecule has 1 heterocycles. The van der Waals surface area contributed by atoms with Crippen molar-refractivity contribution in [1.29, 1.82) is 0 Å². The Bertz CT molecular complexity index is 740. The lowest BCUT2D eigenvalue weighted by Crippen LogP contribution is -2.45. The molecule has 1 aromatic rings. The Morgan fingerprint density at radius 3 is 2.54 bits per heavy atom. The molecule has 3 unspecified atom stereocenters. The molecule has 8 heteroatoms. The van der Waals surface area contributed by atoms with Gasteiger partial charge < -0.3 is 15.3 Å². The number of anilines is 1. The molecule has 2 amide bonds. The van der Waals surface area contributed by atoms with Crippen molar-refractivity contribution < 1.29 is 19.5 Å². The second-order valence-corrected chi connectivity index (χ2v) is 7.65. The highest BCUT2D eigenvalue weighted by atomic mass is 35.5. The molecule has 1 aliphatic heterocycles. The van der Waals surface area contributed by atoms with E-state index in [4.69, 9.17) is 28.3 Å². The van der Waals surface area contributed by atoms with E-state index in [0.717, 1.165) is 0 Å². The molecule has 1 aliphatic carbocycles. The molecule has 3 rings (SSSR count). The highest BCUT2D eigenvalue weighted by molar-refractivity contribution is 6.42. The highest BCUT2D eigenvalue weighted by Crippen LogP contribution is 2.31. The number of hydrogen-bond acceptors (Lipinski definition) is 3. The predicted octanol–water partition coefficient (Wildman–Crippen LogP) is 3.11. The van der Waals surface area contributed by atoms with Crippen LogP contribution in [-0.2, 0) is 14.4 Å². The average Bonchev–Trinajstić information content (AvgIpc) is 2.98. The number of hydrogen-bond donors (Lipinski definition) is 2. The number of carboxylic acid groups (broad SMARTS) is 1. The van der Waals surface area contributed by atoms with Crippen molar-refractivity contribution in [3.8, 4) is 0 Å². The van der Waals surface area contributed by atoms with Gasteiger partial charge in [-0.05, 0) is 43.9 Å². The summed E-state index contributed by atoms with van der Waals surface area (Å²) in [6.07, 6.45) is 2.81. The molecule has 1 saturated heterocycles. The van der Waals surface area contributed by atoms with E-state index in [0.29, 0.717) is 54.4 Å². The van der Waals surface area contributed by atoms with Crippen LogP contribution in [0.25, 0.3) is 0 Å². The first kappa shape index (κ1) is 19.0. The number of benzene rings is 1. The minimum absolute atomic E-state index is 0.192. The number of carboxylic acids is 1. The number of nitrogens with zero attached hydrogens (tertiary/aromatic N) is 1. The van der Waals surface area contributed by atoms with Gasteiger partial charge in [0.2, 0.25) is 11.8 Å². The van der Waals surface area contributed by atoms with Gasteiger partial charge in [0.1, 0.15) is 6.04 Å². The molecule has 26 heavy (non-hydrogen) atoms. The van der Waals surface area contributed by atoms with E-state index in [1.165, 1.54) is 0 Å². The number of carbonyl (C=O) groups is 3. The molecular weight excluding hydrogens is 379 g/mol. The van der Waals surface area contributed by atoms with Gasteiger partial charge in [0.05, 0.1) is 16.0 Å². The Hall–Kier alpha value is -1.79. The Morgan fingerprint density at radius 1 is 1.12 bits per heavy atom. The van der Waals surface area contributed by atoms with Crippen molar-refractivity contribution in [2.45, 2.75) is 38.1 Å². The molecule has 2 fully saturated rings. The normalized spacial score (nSPS) is 26.0. The first-order chi connectivity index (χ1) is 12.4. The van der Waals surface area contributed by atoms with Crippen LogP contribution in [0.4, 0.5) is 5.69 Å². The van der Waals surface area contributed by atoms with Crippen LogP contribution < -0.4 is 10.2 Å². The minimum atomic E-state index is -0.856. The topological polar surface area (TPSA) is 86.7 Å². The van der Waals surface area contributed by atoms with E-state index < -0.39 is 17.9 Å². The van der Waals surface area contributed by atoms with Gasteiger partial charge in [-0.15, -0.1) is 0 Å². The average molecular weight is 399 g/mol. The van der Waals surface area contributed by atoms with Crippen LogP contribution in [0.3, 0.4) is 0 Å². The Kier molecular flexibility index (Phi) is 5.73. The fourth-order valence-corrected chi connectivity index (χ4v) is 3.96. The van der Waals surface area contributed by atoms with Gasteiger partial charge in [0, 0.05) is 18.2 Å². The van der Waals surface area contributed by atoms with E-state index in [9.17, 15) is 14.4 Å². The van der Waals surface area contributed by atoms with Crippen LogP contribution in [-0.4, -0.2) is 35.5 Å². The van der Waals surface area contributed by atoms with E-state index in [2.05, 4.69) is 5.32 Å². The molecule has 3 atom stereocenters. The Balaban J connectivity index is 1.62. The van der Waals surface area contributed by atoms with E-state index in [1.54, 1.807) is 23.1 Å². The zero-order valence-corrected chi connectivity index (χ0v) is 15.6. The molecule has 140 valence electrons. The largest absolute Gasteiger partial charge is 0.481 e. The molecule has 1 aromatic carbocycles. The summed E-state index contributed by atoms with van der Waals surface area (Å²) in [6.45, 7) is 0.476. The van der Waals surface area contributed by atoms with Gasteiger partial charge in [-0.25, -0.2) is 0 Å². The lowest BCUT2D eigenvalue weighted by atomic mass is 9.81. The molecule has 0 aromatic heterocycles. The predicted molar refractivity (Wildman–Crippen MR) is 98.4 cm³/mol. The lowest BCUT2D eigenvalue weighted by Gasteiger charge is -2.26. The maximum atomic E-state index is 12.6. The zero-order chi connectivity index (χ0) is 18.8. The molecule has 2 aliphatic rings. The smallest absolute Gasteiger partial charge is 0.306 e. The Morgan fingerprint density at radius 2 is 1.85 bits per heavy atom. The summed E-state index contributed by atoms with van der Waals surface area (Å²) < 4.78 is 0. The van der Waals surface area contributed by atoms with Gasteiger partial charge in [0.25, 0.3) is 0 Å². The van der Waals surface area contributed by atoms with Crippen LogP contribution in [0, 0.1) is 11.8 Å². The lowest BCUT2D eigenvalue weighted by molar-refractivity contribution is -0.144. The second kappa shape index (κ2) is 7.84. The number of amides is 2. The number of halogens is 2. The first-order valence-corrected chi connectivity index (χ1v) is 9.42. The third kappa shape index (κ3) is 3.96. The van der Waals surface area contributed by atoms with Crippen molar-refractivity contribution in [3.05, 3.63) is 28.2 Å². The molecule has 0 radical (unpaired) electrons. The number of rotatable bonds is 4. The van der Waals surface area contributed by atoms with Crippen LogP contribution in [0.5, 0.6) is 0 Å². The summed E-state index contributed by atoms with van der Waals surface area (Å²) in [5, 5.41) is 12.7. The fraction of sp³-hybridized carbons (Fsp3) is 0.500. The second-order valence-electron chi connectivity index (χ2n) is 6.84. The van der Waals surface area contributed by atoms with Crippen LogP contribution in [0.2, 0.25) is 10.0 Å². The van der Waals surface area contributed by atoms with Crippen LogP contribution in [0.1, 0.15) is 32.1 Å². The van der Waals surface area contributed by atoms with Crippen LogP contribution in [0.15, 0.2) is 18.2 Å². The monoisotopic (exact) mass is 398 g/mol. The van der Waals surface area contributed by atoms with Crippen molar-refractivity contribution >= 4 is 46.7 Å². The maximum Gasteiger partial charge on any atom is 0.306 e. The zero-order valence-electron chi connectivity index (χ0n) is 14.1. The quantitative estimate of drug-likeness (QED) is 0.815. The maximum absolute atomic E-state index is 12.6. The molecule has 6 nitrogen and oxygen atoms in total. The van der Waals surface area contributed by atoms with Gasteiger partial charge in [-0.1, -0.05) is 29.6 Å². The fourth-order valence-electron chi connectivity index (χ4n) is 3.66.